The van der Waals surface area contributed by atoms with E-state index in [0.29, 0.717) is 0 Å². The van der Waals surface area contributed by atoms with Gasteiger partial charge >= 0.3 is 6.18 Å². The molecule has 0 bridgehead atoms. The van der Waals surface area contributed by atoms with Crippen LogP contribution in [-0.2, 0) is 11.0 Å². The minimum absolute atomic E-state index is 0.0492. The summed E-state index contributed by atoms with van der Waals surface area (Å²) in [6, 6.07) is 2.76. The van der Waals surface area contributed by atoms with Crippen LogP contribution in [0.4, 0.5) is 18.9 Å². The van der Waals surface area contributed by atoms with E-state index in [0.717, 1.165) is 18.2 Å². The Hall–Kier alpha value is -0.750. The summed E-state index contributed by atoms with van der Waals surface area (Å²) in [6.45, 7) is 3.15. The van der Waals surface area contributed by atoms with E-state index in [9.17, 15) is 18.0 Å². The van der Waals surface area contributed by atoms with Crippen molar-refractivity contribution < 1.29 is 18.0 Å². The van der Waals surface area contributed by atoms with Gasteiger partial charge in [-0.1, -0.05) is 27.5 Å². The lowest BCUT2D eigenvalue weighted by Crippen LogP contribution is -2.31. The number of benzene rings is 1. The molecule has 2 nitrogen and oxygen atoms in total. The van der Waals surface area contributed by atoms with E-state index in [2.05, 4.69) is 21.2 Å². The van der Waals surface area contributed by atoms with Crippen molar-refractivity contribution in [3.05, 3.63) is 28.8 Å². The van der Waals surface area contributed by atoms with Crippen LogP contribution in [0, 0.1) is 0 Å². The van der Waals surface area contributed by atoms with Gasteiger partial charge in [0.2, 0.25) is 5.91 Å². The number of nitrogens with one attached hydrogen (secondary N) is 1. The van der Waals surface area contributed by atoms with Crippen LogP contribution in [0.2, 0.25) is 5.02 Å². The number of amides is 1. The van der Waals surface area contributed by atoms with Crippen LogP contribution in [0.3, 0.4) is 0 Å². The highest BCUT2D eigenvalue weighted by Crippen LogP contribution is 2.34. The predicted molar refractivity (Wildman–Crippen MR) is 68.1 cm³/mol. The van der Waals surface area contributed by atoms with Gasteiger partial charge in [-0.25, -0.2) is 0 Å². The van der Waals surface area contributed by atoms with E-state index >= 15 is 0 Å². The average molecular weight is 345 g/mol. The fraction of sp³-hybridized carbons (Fsp3) is 0.364. The van der Waals surface area contributed by atoms with E-state index in [1.54, 1.807) is 13.8 Å². The van der Waals surface area contributed by atoms with Crippen LogP contribution >= 0.6 is 27.5 Å². The van der Waals surface area contributed by atoms with Gasteiger partial charge < -0.3 is 5.32 Å². The van der Waals surface area contributed by atoms with Gasteiger partial charge in [0.05, 0.1) is 20.6 Å². The number of rotatable bonds is 2. The van der Waals surface area contributed by atoms with Crippen molar-refractivity contribution in [2.24, 2.45) is 0 Å². The highest BCUT2D eigenvalue weighted by atomic mass is 79.9. The zero-order valence-corrected chi connectivity index (χ0v) is 11.9. The third-order valence-corrected chi connectivity index (χ3v) is 2.77. The molecule has 0 saturated heterocycles. The minimum Gasteiger partial charge on any atom is -0.324 e. The Bertz CT molecular complexity index is 468. The second kappa shape index (κ2) is 5.09. The van der Waals surface area contributed by atoms with Gasteiger partial charge in [0.15, 0.2) is 0 Å². The largest absolute Gasteiger partial charge is 0.416 e. The first-order valence-corrected chi connectivity index (χ1v) is 6.06. The summed E-state index contributed by atoms with van der Waals surface area (Å²) in [4.78, 5) is 11.6. The number of alkyl halides is 4. The van der Waals surface area contributed by atoms with Crippen molar-refractivity contribution in [3.8, 4) is 0 Å². The molecule has 1 amide bonds. The Morgan fingerprint density at radius 2 is 1.89 bits per heavy atom. The van der Waals surface area contributed by atoms with Gasteiger partial charge in [-0.15, -0.1) is 0 Å². The monoisotopic (exact) mass is 343 g/mol. The number of carbonyl (C=O) groups is 1. The highest BCUT2D eigenvalue weighted by molar-refractivity contribution is 9.10. The lowest BCUT2D eigenvalue weighted by molar-refractivity contribution is -0.137. The van der Waals surface area contributed by atoms with Crippen LogP contribution in [0.25, 0.3) is 0 Å². The second-order valence-corrected chi connectivity index (χ2v) is 6.51. The maximum Gasteiger partial charge on any atom is 0.416 e. The molecule has 0 atom stereocenters. The van der Waals surface area contributed by atoms with Crippen LogP contribution in [0.15, 0.2) is 18.2 Å². The zero-order chi connectivity index (χ0) is 14.1. The van der Waals surface area contributed by atoms with Crippen molar-refractivity contribution in [1.82, 2.24) is 0 Å². The van der Waals surface area contributed by atoms with Crippen molar-refractivity contribution in [2.45, 2.75) is 24.3 Å². The molecule has 1 N–H and O–H groups in total. The molecule has 0 saturated carbocycles. The van der Waals surface area contributed by atoms with Crippen molar-refractivity contribution in [3.63, 3.8) is 0 Å². The van der Waals surface area contributed by atoms with E-state index in [-0.39, 0.29) is 10.7 Å². The molecule has 1 rings (SSSR count). The summed E-state index contributed by atoms with van der Waals surface area (Å²) < 4.78 is 36.6. The van der Waals surface area contributed by atoms with Crippen LogP contribution in [-0.4, -0.2) is 10.2 Å². The highest BCUT2D eigenvalue weighted by Gasteiger charge is 2.31. The smallest absolute Gasteiger partial charge is 0.324 e. The normalized spacial score (nSPS) is 12.4. The van der Waals surface area contributed by atoms with Crippen molar-refractivity contribution >= 4 is 39.1 Å². The molecular weight excluding hydrogens is 334 g/mol. The molecule has 0 fully saturated rings. The number of anilines is 1. The minimum atomic E-state index is -4.48. The Morgan fingerprint density at radius 3 is 2.33 bits per heavy atom. The summed E-state index contributed by atoms with van der Waals surface area (Å²) in [6.07, 6.45) is -4.48. The van der Waals surface area contributed by atoms with Crippen molar-refractivity contribution in [1.29, 1.82) is 0 Å². The van der Waals surface area contributed by atoms with Crippen LogP contribution < -0.4 is 5.32 Å². The number of hydrogen-bond acceptors (Lipinski definition) is 1. The maximum atomic E-state index is 12.5. The summed E-state index contributed by atoms with van der Waals surface area (Å²) in [7, 11) is 0. The van der Waals surface area contributed by atoms with Crippen LogP contribution in [0.1, 0.15) is 19.4 Å². The van der Waals surface area contributed by atoms with Gasteiger partial charge in [-0.05, 0) is 32.0 Å². The summed E-state index contributed by atoms with van der Waals surface area (Å²) in [5.41, 5.74) is -0.932. The molecule has 0 aliphatic carbocycles. The van der Waals surface area contributed by atoms with Crippen LogP contribution in [0.5, 0.6) is 0 Å². The molecule has 100 valence electrons. The molecule has 18 heavy (non-hydrogen) atoms. The Kier molecular flexibility index (Phi) is 4.33. The standard InChI is InChI=1S/C11H10BrClF3NO/c1-10(2,12)9(18)17-8-5-6(11(14,15)16)3-4-7(8)13/h3-5H,1-2H3,(H,17,18). The first kappa shape index (κ1) is 15.3. The van der Waals surface area contributed by atoms with Gasteiger partial charge in [-0.3, -0.25) is 4.79 Å². The predicted octanol–water partition coefficient (Wildman–Crippen LogP) is 4.47. The number of hydrogen-bond donors (Lipinski definition) is 1. The molecule has 0 aliphatic rings. The first-order chi connectivity index (χ1) is 8.01. The molecule has 0 aromatic heterocycles. The summed E-state index contributed by atoms with van der Waals surface area (Å²) in [5, 5.41) is 2.39. The molecule has 0 spiro atoms. The molecule has 1 aromatic carbocycles. The third-order valence-electron chi connectivity index (χ3n) is 2.08. The maximum absolute atomic E-state index is 12.5. The summed E-state index contributed by atoms with van der Waals surface area (Å²) in [5.74, 6) is -0.483. The molecule has 0 radical (unpaired) electrons. The Balaban J connectivity index is 3.06. The van der Waals surface area contributed by atoms with Gasteiger partial charge in [0.1, 0.15) is 0 Å². The number of carbonyl (C=O) groups excluding carboxylic acids is 1. The topological polar surface area (TPSA) is 29.1 Å². The third kappa shape index (κ3) is 3.88. The summed E-state index contributed by atoms with van der Waals surface area (Å²) >= 11 is 8.85. The van der Waals surface area contributed by atoms with E-state index in [1.165, 1.54) is 0 Å². The molecular formula is C11H10BrClF3NO. The second-order valence-electron chi connectivity index (χ2n) is 4.12. The molecule has 1 aromatic rings. The van der Waals surface area contributed by atoms with E-state index in [4.69, 9.17) is 11.6 Å². The lowest BCUT2D eigenvalue weighted by atomic mass is 10.1. The van der Waals surface area contributed by atoms with E-state index < -0.39 is 22.0 Å². The SMILES string of the molecule is CC(C)(Br)C(=O)Nc1cc(C(F)(F)F)ccc1Cl. The fourth-order valence-corrected chi connectivity index (χ4v) is 1.33. The quantitative estimate of drug-likeness (QED) is 0.788. The molecule has 0 unspecified atom stereocenters. The van der Waals surface area contributed by atoms with Gasteiger partial charge in [0.25, 0.3) is 0 Å². The van der Waals surface area contributed by atoms with Crippen molar-refractivity contribution in [2.75, 3.05) is 5.32 Å². The molecule has 0 heterocycles. The first-order valence-electron chi connectivity index (χ1n) is 4.89. The Morgan fingerprint density at radius 1 is 1.33 bits per heavy atom. The van der Waals surface area contributed by atoms with E-state index in [1.807, 2.05) is 0 Å². The fourth-order valence-electron chi connectivity index (χ4n) is 1.07. The zero-order valence-electron chi connectivity index (χ0n) is 9.53. The van der Waals surface area contributed by atoms with Gasteiger partial charge in [0, 0.05) is 0 Å². The number of halogens is 5. The average Bonchev–Trinajstić information content (AvgIpc) is 2.18. The lowest BCUT2D eigenvalue weighted by Gasteiger charge is -2.17. The molecule has 7 heteroatoms. The molecule has 0 aliphatic heterocycles. The van der Waals surface area contributed by atoms with Gasteiger partial charge in [-0.2, -0.15) is 13.2 Å². The Labute approximate surface area is 116 Å².